The molecule has 2 saturated heterocycles. The molecule has 0 unspecified atom stereocenters. The van der Waals surface area contributed by atoms with Gasteiger partial charge >= 0.3 is 0 Å². The van der Waals surface area contributed by atoms with Gasteiger partial charge < -0.3 is 9.64 Å². The molecule has 0 saturated carbocycles. The SMILES string of the molecule is O=C(c1cnc(CC2Cc3ccccc3C2)nc1)N1CCC12COC2. The maximum atomic E-state index is 12.6. The molecular weight excluding hydrogens is 314 g/mol. The first-order chi connectivity index (χ1) is 12.2. The molecular formula is C20H21N3O2. The number of hydrogen-bond donors (Lipinski definition) is 0. The normalized spacial score (nSPS) is 20.9. The molecule has 1 amide bonds. The van der Waals surface area contributed by atoms with Crippen LogP contribution in [0, 0.1) is 5.92 Å². The van der Waals surface area contributed by atoms with Gasteiger partial charge in [0, 0.05) is 25.4 Å². The number of hydrogen-bond acceptors (Lipinski definition) is 4. The lowest BCUT2D eigenvalue weighted by molar-refractivity contribution is -0.172. The second kappa shape index (κ2) is 5.63. The van der Waals surface area contributed by atoms with E-state index >= 15 is 0 Å². The van der Waals surface area contributed by atoms with Gasteiger partial charge in [0.25, 0.3) is 5.91 Å². The summed E-state index contributed by atoms with van der Waals surface area (Å²) in [6.07, 6.45) is 7.48. The lowest BCUT2D eigenvalue weighted by atomic mass is 9.82. The van der Waals surface area contributed by atoms with Gasteiger partial charge in [-0.15, -0.1) is 0 Å². The summed E-state index contributed by atoms with van der Waals surface area (Å²) in [6, 6.07) is 8.64. The van der Waals surface area contributed by atoms with Crippen LogP contribution in [-0.2, 0) is 24.0 Å². The van der Waals surface area contributed by atoms with Crippen molar-refractivity contribution in [3.8, 4) is 0 Å². The molecule has 1 spiro atoms. The Morgan fingerprint density at radius 1 is 1.16 bits per heavy atom. The van der Waals surface area contributed by atoms with Crippen LogP contribution in [0.5, 0.6) is 0 Å². The first-order valence-electron chi connectivity index (χ1n) is 9.01. The van der Waals surface area contributed by atoms with Gasteiger partial charge in [0.15, 0.2) is 0 Å². The second-order valence-electron chi connectivity index (χ2n) is 7.56. The summed E-state index contributed by atoms with van der Waals surface area (Å²) < 4.78 is 5.29. The molecule has 0 N–H and O–H groups in total. The number of aromatic nitrogens is 2. The average molecular weight is 335 g/mol. The Hall–Kier alpha value is -2.27. The number of likely N-dealkylation sites (tertiary alicyclic amines) is 1. The maximum Gasteiger partial charge on any atom is 0.257 e. The largest absolute Gasteiger partial charge is 0.376 e. The number of rotatable bonds is 3. The van der Waals surface area contributed by atoms with E-state index in [9.17, 15) is 4.79 Å². The highest BCUT2D eigenvalue weighted by Crippen LogP contribution is 2.38. The van der Waals surface area contributed by atoms with Crippen LogP contribution in [-0.4, -0.2) is 46.1 Å². The maximum absolute atomic E-state index is 12.6. The molecule has 0 radical (unpaired) electrons. The van der Waals surface area contributed by atoms with Crippen LogP contribution in [0.3, 0.4) is 0 Å². The molecule has 2 fully saturated rings. The average Bonchev–Trinajstić information content (AvgIpc) is 2.95. The van der Waals surface area contributed by atoms with Crippen molar-refractivity contribution in [3.63, 3.8) is 0 Å². The van der Waals surface area contributed by atoms with Gasteiger partial charge in [-0.3, -0.25) is 4.79 Å². The molecule has 5 rings (SSSR count). The smallest absolute Gasteiger partial charge is 0.257 e. The Morgan fingerprint density at radius 3 is 2.36 bits per heavy atom. The highest BCUT2D eigenvalue weighted by Gasteiger charge is 2.53. The number of amides is 1. The third kappa shape index (κ3) is 2.45. The minimum Gasteiger partial charge on any atom is -0.376 e. The molecule has 1 aromatic heterocycles. The van der Waals surface area contributed by atoms with Crippen molar-refractivity contribution in [1.82, 2.24) is 14.9 Å². The molecule has 25 heavy (non-hydrogen) atoms. The number of carbonyl (C=O) groups is 1. The number of benzene rings is 1. The molecule has 1 aliphatic carbocycles. The Labute approximate surface area is 147 Å². The van der Waals surface area contributed by atoms with E-state index in [-0.39, 0.29) is 11.4 Å². The summed E-state index contributed by atoms with van der Waals surface area (Å²) in [7, 11) is 0. The van der Waals surface area contributed by atoms with Crippen molar-refractivity contribution >= 4 is 5.91 Å². The summed E-state index contributed by atoms with van der Waals surface area (Å²) in [5.41, 5.74) is 3.45. The number of nitrogens with zero attached hydrogens (tertiary/aromatic N) is 3. The fraction of sp³-hybridized carbons (Fsp3) is 0.450. The molecule has 3 aliphatic rings. The fourth-order valence-electron chi connectivity index (χ4n) is 4.27. The standard InChI is InChI=1S/C20H21N3O2/c24-19(23-6-5-20(23)12-25-13-20)17-10-21-18(22-11-17)9-14-7-15-3-1-2-4-16(15)8-14/h1-4,10-11,14H,5-9,12-13H2. The molecule has 1 aromatic carbocycles. The van der Waals surface area contributed by atoms with Crippen molar-refractivity contribution in [2.24, 2.45) is 5.92 Å². The zero-order chi connectivity index (χ0) is 16.9. The van der Waals surface area contributed by atoms with Gasteiger partial charge in [0.1, 0.15) is 5.82 Å². The first-order valence-corrected chi connectivity index (χ1v) is 9.01. The van der Waals surface area contributed by atoms with Crippen molar-refractivity contribution < 1.29 is 9.53 Å². The van der Waals surface area contributed by atoms with E-state index in [1.54, 1.807) is 12.4 Å². The molecule has 0 atom stereocenters. The Balaban J connectivity index is 1.24. The van der Waals surface area contributed by atoms with E-state index in [4.69, 9.17) is 4.74 Å². The van der Waals surface area contributed by atoms with Gasteiger partial charge in [-0.1, -0.05) is 24.3 Å². The van der Waals surface area contributed by atoms with Crippen LogP contribution in [0.4, 0.5) is 0 Å². The number of carbonyl (C=O) groups excluding carboxylic acids is 1. The van der Waals surface area contributed by atoms with E-state index in [1.807, 2.05) is 4.90 Å². The van der Waals surface area contributed by atoms with Gasteiger partial charge in [-0.25, -0.2) is 9.97 Å². The summed E-state index contributed by atoms with van der Waals surface area (Å²) >= 11 is 0. The molecule has 128 valence electrons. The van der Waals surface area contributed by atoms with Crippen LogP contribution in [0.15, 0.2) is 36.7 Å². The van der Waals surface area contributed by atoms with E-state index < -0.39 is 0 Å². The van der Waals surface area contributed by atoms with Crippen molar-refractivity contribution in [2.45, 2.75) is 31.2 Å². The third-order valence-electron chi connectivity index (χ3n) is 5.92. The number of ether oxygens (including phenoxy) is 1. The highest BCUT2D eigenvalue weighted by molar-refractivity contribution is 5.94. The molecule has 0 bridgehead atoms. The van der Waals surface area contributed by atoms with E-state index in [2.05, 4.69) is 34.2 Å². The molecule has 2 aliphatic heterocycles. The predicted molar refractivity (Wildman–Crippen MR) is 92.3 cm³/mol. The molecule has 5 heteroatoms. The minimum atomic E-state index is -0.0363. The summed E-state index contributed by atoms with van der Waals surface area (Å²) in [4.78, 5) is 23.5. The van der Waals surface area contributed by atoms with Crippen LogP contribution >= 0.6 is 0 Å². The zero-order valence-corrected chi connectivity index (χ0v) is 14.1. The quantitative estimate of drug-likeness (QED) is 0.861. The van der Waals surface area contributed by atoms with Crippen LogP contribution in [0.1, 0.15) is 33.7 Å². The highest BCUT2D eigenvalue weighted by atomic mass is 16.5. The van der Waals surface area contributed by atoms with E-state index in [0.29, 0.717) is 24.7 Å². The van der Waals surface area contributed by atoms with Gasteiger partial charge in [0.2, 0.25) is 0 Å². The molecule has 3 heterocycles. The van der Waals surface area contributed by atoms with E-state index in [0.717, 1.165) is 38.1 Å². The van der Waals surface area contributed by atoms with Gasteiger partial charge in [-0.05, 0) is 36.3 Å². The summed E-state index contributed by atoms with van der Waals surface area (Å²) in [5, 5.41) is 0. The summed E-state index contributed by atoms with van der Waals surface area (Å²) in [5.74, 6) is 1.43. The predicted octanol–water partition coefficient (Wildman–Crippen LogP) is 2.05. The Bertz CT molecular complexity index is 783. The topological polar surface area (TPSA) is 55.3 Å². The monoisotopic (exact) mass is 335 g/mol. The lowest BCUT2D eigenvalue weighted by Crippen LogP contribution is -2.72. The molecule has 5 nitrogen and oxygen atoms in total. The van der Waals surface area contributed by atoms with Crippen LogP contribution < -0.4 is 0 Å². The minimum absolute atomic E-state index is 0.0363. The van der Waals surface area contributed by atoms with Crippen molar-refractivity contribution in [2.75, 3.05) is 19.8 Å². The van der Waals surface area contributed by atoms with E-state index in [1.165, 1.54) is 11.1 Å². The molecule has 2 aromatic rings. The first kappa shape index (κ1) is 15.0. The summed E-state index contributed by atoms with van der Waals surface area (Å²) in [6.45, 7) is 2.14. The fourth-order valence-corrected chi connectivity index (χ4v) is 4.27. The Morgan fingerprint density at radius 2 is 1.84 bits per heavy atom. The second-order valence-corrected chi connectivity index (χ2v) is 7.56. The van der Waals surface area contributed by atoms with Crippen molar-refractivity contribution in [1.29, 1.82) is 0 Å². The Kier molecular flexibility index (Phi) is 3.38. The van der Waals surface area contributed by atoms with Crippen LogP contribution in [0.2, 0.25) is 0 Å². The number of fused-ring (bicyclic) bond motifs is 1. The van der Waals surface area contributed by atoms with Gasteiger partial charge in [-0.2, -0.15) is 0 Å². The van der Waals surface area contributed by atoms with Crippen LogP contribution in [0.25, 0.3) is 0 Å². The van der Waals surface area contributed by atoms with Crippen molar-refractivity contribution in [3.05, 3.63) is 59.2 Å². The third-order valence-corrected chi connectivity index (χ3v) is 5.92. The lowest BCUT2D eigenvalue weighted by Gasteiger charge is -2.57. The zero-order valence-electron chi connectivity index (χ0n) is 14.1. The van der Waals surface area contributed by atoms with Gasteiger partial charge in [0.05, 0.1) is 24.3 Å².